The van der Waals surface area contributed by atoms with Gasteiger partial charge in [0.25, 0.3) is 10.0 Å². The number of benzene rings is 1. The molecule has 1 saturated heterocycles. The number of nitrogens with one attached hydrogen (secondary N) is 1. The van der Waals surface area contributed by atoms with Crippen LogP contribution in [0, 0.1) is 0 Å². The molecule has 1 amide bonds. The minimum Gasteiger partial charge on any atom is -0.465 e. The van der Waals surface area contributed by atoms with E-state index in [-0.39, 0.29) is 37.8 Å². The number of alkyl halides is 3. The molecular formula is C16H16F3N5O4S. The molecule has 3 rings (SSSR count). The van der Waals surface area contributed by atoms with E-state index >= 15 is 0 Å². The first-order valence-electron chi connectivity index (χ1n) is 8.32. The van der Waals surface area contributed by atoms with Crippen LogP contribution in [0.25, 0.3) is 0 Å². The van der Waals surface area contributed by atoms with Crippen molar-refractivity contribution in [3.63, 3.8) is 0 Å². The van der Waals surface area contributed by atoms with Crippen LogP contribution in [-0.4, -0.2) is 60.7 Å². The van der Waals surface area contributed by atoms with E-state index < -0.39 is 32.8 Å². The van der Waals surface area contributed by atoms with Gasteiger partial charge >= 0.3 is 12.3 Å². The largest absolute Gasteiger partial charge is 0.465 e. The lowest BCUT2D eigenvalue weighted by Gasteiger charge is -2.34. The van der Waals surface area contributed by atoms with Crippen LogP contribution < -0.4 is 9.62 Å². The maximum Gasteiger partial charge on any atom is 0.417 e. The SMILES string of the molecule is O=C(O)N1CCN(c2nccnc2NS(=O)(=O)c2ccccc2C(F)(F)F)CC1. The number of hydrogen-bond donors (Lipinski definition) is 2. The zero-order valence-corrected chi connectivity index (χ0v) is 15.6. The minimum atomic E-state index is -4.86. The summed E-state index contributed by atoms with van der Waals surface area (Å²) in [6.45, 7) is 0.766. The van der Waals surface area contributed by atoms with Gasteiger partial charge in [0, 0.05) is 38.6 Å². The minimum absolute atomic E-state index is 0.102. The first kappa shape index (κ1) is 20.6. The highest BCUT2D eigenvalue weighted by Gasteiger charge is 2.37. The lowest BCUT2D eigenvalue weighted by Crippen LogP contribution is -2.48. The first-order valence-corrected chi connectivity index (χ1v) is 9.81. The van der Waals surface area contributed by atoms with Gasteiger partial charge in [0.05, 0.1) is 10.5 Å². The molecule has 0 bridgehead atoms. The van der Waals surface area contributed by atoms with Crippen molar-refractivity contribution in [3.05, 3.63) is 42.2 Å². The Kier molecular flexibility index (Phi) is 5.50. The second kappa shape index (κ2) is 7.73. The molecule has 0 saturated carbocycles. The van der Waals surface area contributed by atoms with E-state index in [9.17, 15) is 26.4 Å². The molecule has 2 aromatic rings. The second-order valence-corrected chi connectivity index (χ2v) is 7.74. The van der Waals surface area contributed by atoms with Crippen molar-refractivity contribution in [3.8, 4) is 0 Å². The predicted molar refractivity (Wildman–Crippen MR) is 96.1 cm³/mol. The number of anilines is 2. The van der Waals surface area contributed by atoms with Gasteiger partial charge in [-0.2, -0.15) is 13.2 Å². The third kappa shape index (κ3) is 4.50. The molecule has 1 aliphatic rings. The van der Waals surface area contributed by atoms with Crippen molar-refractivity contribution >= 4 is 27.8 Å². The quantitative estimate of drug-likeness (QED) is 0.762. The number of carbonyl (C=O) groups is 1. The molecule has 1 aromatic carbocycles. The first-order chi connectivity index (χ1) is 13.6. The number of carboxylic acid groups (broad SMARTS) is 1. The van der Waals surface area contributed by atoms with E-state index in [4.69, 9.17) is 5.11 Å². The highest BCUT2D eigenvalue weighted by Crippen LogP contribution is 2.35. The summed E-state index contributed by atoms with van der Waals surface area (Å²) in [7, 11) is -4.62. The summed E-state index contributed by atoms with van der Waals surface area (Å²) in [5.41, 5.74) is -1.30. The Morgan fingerprint density at radius 1 is 1.07 bits per heavy atom. The molecular weight excluding hydrogens is 415 g/mol. The Bertz CT molecular complexity index is 1010. The Morgan fingerprint density at radius 3 is 2.31 bits per heavy atom. The lowest BCUT2D eigenvalue weighted by atomic mass is 10.2. The molecule has 0 aliphatic carbocycles. The number of amides is 1. The molecule has 13 heteroatoms. The number of nitrogens with zero attached hydrogens (tertiary/aromatic N) is 4. The van der Waals surface area contributed by atoms with Gasteiger partial charge in [-0.3, -0.25) is 4.72 Å². The van der Waals surface area contributed by atoms with Crippen LogP contribution in [0.3, 0.4) is 0 Å². The normalized spacial score (nSPS) is 15.3. The zero-order valence-electron chi connectivity index (χ0n) is 14.8. The number of rotatable bonds is 4. The molecule has 1 aromatic heterocycles. The molecule has 156 valence electrons. The summed E-state index contributed by atoms with van der Waals surface area (Å²) >= 11 is 0. The van der Waals surface area contributed by atoms with Crippen LogP contribution >= 0.6 is 0 Å². The summed E-state index contributed by atoms with van der Waals surface area (Å²) in [5.74, 6) is -0.140. The number of aromatic nitrogens is 2. The molecule has 2 N–H and O–H groups in total. The summed E-state index contributed by atoms with van der Waals surface area (Å²) in [5, 5.41) is 9.02. The van der Waals surface area contributed by atoms with Crippen molar-refractivity contribution in [2.75, 3.05) is 35.8 Å². The number of hydrogen-bond acceptors (Lipinski definition) is 6. The second-order valence-electron chi connectivity index (χ2n) is 6.08. The Hall–Kier alpha value is -3.09. The highest BCUT2D eigenvalue weighted by molar-refractivity contribution is 7.92. The zero-order chi connectivity index (χ0) is 21.2. The summed E-state index contributed by atoms with van der Waals surface area (Å²) in [6.07, 6.45) is -3.43. The predicted octanol–water partition coefficient (Wildman–Crippen LogP) is 2.10. The highest BCUT2D eigenvalue weighted by atomic mass is 32.2. The molecule has 0 atom stereocenters. The van der Waals surface area contributed by atoms with Crippen LogP contribution in [0.4, 0.5) is 29.6 Å². The van der Waals surface area contributed by atoms with Gasteiger partial charge in [-0.05, 0) is 12.1 Å². The molecule has 1 fully saturated rings. The topological polar surface area (TPSA) is 116 Å². The molecule has 0 radical (unpaired) electrons. The number of sulfonamides is 1. The van der Waals surface area contributed by atoms with Crippen molar-refractivity contribution in [2.45, 2.75) is 11.1 Å². The third-order valence-electron chi connectivity index (χ3n) is 4.24. The summed E-state index contributed by atoms with van der Waals surface area (Å²) in [6, 6.07) is 3.81. The number of halogens is 3. The van der Waals surface area contributed by atoms with E-state index in [2.05, 4.69) is 14.7 Å². The molecule has 1 aliphatic heterocycles. The fourth-order valence-corrected chi connectivity index (χ4v) is 4.10. The average Bonchev–Trinajstić information content (AvgIpc) is 2.67. The van der Waals surface area contributed by atoms with Crippen LogP contribution in [0.2, 0.25) is 0 Å². The summed E-state index contributed by atoms with van der Waals surface area (Å²) in [4.78, 5) is 20.9. The molecule has 9 nitrogen and oxygen atoms in total. The van der Waals surface area contributed by atoms with E-state index in [1.165, 1.54) is 23.4 Å². The van der Waals surface area contributed by atoms with Crippen molar-refractivity contribution in [2.24, 2.45) is 0 Å². The Balaban J connectivity index is 1.90. The average molecular weight is 431 g/mol. The van der Waals surface area contributed by atoms with Crippen LogP contribution in [0.15, 0.2) is 41.6 Å². The third-order valence-corrected chi connectivity index (χ3v) is 5.64. The molecule has 29 heavy (non-hydrogen) atoms. The van der Waals surface area contributed by atoms with Gasteiger partial charge in [-0.25, -0.2) is 23.2 Å². The monoisotopic (exact) mass is 431 g/mol. The van der Waals surface area contributed by atoms with Gasteiger partial charge in [-0.1, -0.05) is 12.1 Å². The molecule has 0 unspecified atom stereocenters. The maximum atomic E-state index is 13.2. The fourth-order valence-electron chi connectivity index (χ4n) is 2.86. The van der Waals surface area contributed by atoms with Gasteiger partial charge in [-0.15, -0.1) is 0 Å². The lowest BCUT2D eigenvalue weighted by molar-refractivity contribution is -0.139. The standard InChI is InChI=1S/C16H16F3N5O4S/c17-16(18,19)11-3-1-2-4-12(11)29(27,28)22-13-14(21-6-5-20-13)23-7-9-24(10-8-23)15(25)26/h1-6H,7-10H2,(H,20,22)(H,25,26). The Labute approximate surface area is 163 Å². The number of piperazine rings is 1. The van der Waals surface area contributed by atoms with Crippen molar-refractivity contribution < 1.29 is 31.5 Å². The maximum absolute atomic E-state index is 13.2. The van der Waals surface area contributed by atoms with Gasteiger partial charge < -0.3 is 14.9 Å². The molecule has 0 spiro atoms. The van der Waals surface area contributed by atoms with Gasteiger partial charge in [0.15, 0.2) is 11.6 Å². The summed E-state index contributed by atoms with van der Waals surface area (Å²) < 4.78 is 67.0. The van der Waals surface area contributed by atoms with E-state index in [1.807, 2.05) is 0 Å². The van der Waals surface area contributed by atoms with Crippen LogP contribution in [0.1, 0.15) is 5.56 Å². The van der Waals surface area contributed by atoms with E-state index in [0.29, 0.717) is 6.07 Å². The smallest absolute Gasteiger partial charge is 0.417 e. The van der Waals surface area contributed by atoms with Crippen LogP contribution in [-0.2, 0) is 16.2 Å². The van der Waals surface area contributed by atoms with Gasteiger partial charge in [0.1, 0.15) is 0 Å². The Morgan fingerprint density at radius 2 is 1.69 bits per heavy atom. The van der Waals surface area contributed by atoms with Crippen molar-refractivity contribution in [1.82, 2.24) is 14.9 Å². The van der Waals surface area contributed by atoms with Gasteiger partial charge in [0.2, 0.25) is 0 Å². The fraction of sp³-hybridized carbons (Fsp3) is 0.312. The van der Waals surface area contributed by atoms with E-state index in [0.717, 1.165) is 12.1 Å². The molecule has 2 heterocycles. The van der Waals surface area contributed by atoms with E-state index in [1.54, 1.807) is 4.90 Å². The van der Waals surface area contributed by atoms with Crippen LogP contribution in [0.5, 0.6) is 0 Å². The van der Waals surface area contributed by atoms with Crippen molar-refractivity contribution in [1.29, 1.82) is 0 Å².